The highest BCUT2D eigenvalue weighted by Crippen LogP contribution is 2.20. The normalized spacial score (nSPS) is 11.3. The molecule has 0 radical (unpaired) electrons. The maximum Gasteiger partial charge on any atom is 0.263 e. The SMILES string of the molecule is O=S(=O)(Nc1ncc(F)s1)c1ccccc1. The molecule has 0 atom stereocenters. The van der Waals surface area contributed by atoms with Gasteiger partial charge in [0, 0.05) is 0 Å². The average molecular weight is 258 g/mol. The zero-order chi connectivity index (χ0) is 11.6. The van der Waals surface area contributed by atoms with Gasteiger partial charge in [-0.15, -0.1) is 0 Å². The lowest BCUT2D eigenvalue weighted by atomic mass is 10.4. The van der Waals surface area contributed by atoms with E-state index in [4.69, 9.17) is 0 Å². The molecule has 0 fully saturated rings. The standard InChI is InChI=1S/C9H7FN2O2S2/c10-8-6-11-9(15-8)12-16(13,14)7-4-2-1-3-5-7/h1-6H,(H,11,12). The van der Waals surface area contributed by atoms with E-state index in [0.29, 0.717) is 11.3 Å². The molecule has 0 aliphatic carbocycles. The fourth-order valence-corrected chi connectivity index (χ4v) is 2.88. The van der Waals surface area contributed by atoms with Crippen LogP contribution < -0.4 is 4.72 Å². The quantitative estimate of drug-likeness (QED) is 0.917. The van der Waals surface area contributed by atoms with Gasteiger partial charge >= 0.3 is 0 Å². The minimum absolute atomic E-state index is 0.0151. The molecular formula is C9H7FN2O2S2. The van der Waals surface area contributed by atoms with Gasteiger partial charge in [0.05, 0.1) is 11.1 Å². The topological polar surface area (TPSA) is 59.1 Å². The van der Waals surface area contributed by atoms with Crippen molar-refractivity contribution in [3.63, 3.8) is 0 Å². The van der Waals surface area contributed by atoms with Crippen LogP contribution in [0, 0.1) is 5.13 Å². The number of anilines is 1. The first kappa shape index (κ1) is 11.0. The predicted octanol–water partition coefficient (Wildman–Crippen LogP) is 2.08. The largest absolute Gasteiger partial charge is 0.263 e. The van der Waals surface area contributed by atoms with E-state index in [-0.39, 0.29) is 10.0 Å². The molecule has 0 saturated carbocycles. The third-order valence-corrected chi connectivity index (χ3v) is 3.94. The number of hydrogen-bond donors (Lipinski definition) is 1. The maximum atomic E-state index is 12.6. The molecule has 0 saturated heterocycles. The van der Waals surface area contributed by atoms with Gasteiger partial charge in [0.2, 0.25) is 0 Å². The Morgan fingerprint density at radius 2 is 1.94 bits per heavy atom. The summed E-state index contributed by atoms with van der Waals surface area (Å²) >= 11 is 0.641. The lowest BCUT2D eigenvalue weighted by Crippen LogP contribution is -2.12. The predicted molar refractivity (Wildman–Crippen MR) is 59.3 cm³/mol. The van der Waals surface area contributed by atoms with Crippen molar-refractivity contribution in [2.24, 2.45) is 0 Å². The molecule has 1 aromatic carbocycles. The highest BCUT2D eigenvalue weighted by Gasteiger charge is 2.15. The van der Waals surface area contributed by atoms with Gasteiger partial charge < -0.3 is 0 Å². The van der Waals surface area contributed by atoms with Crippen LogP contribution in [0.3, 0.4) is 0 Å². The molecule has 16 heavy (non-hydrogen) atoms. The number of nitrogens with one attached hydrogen (secondary N) is 1. The van der Waals surface area contributed by atoms with Crippen LogP contribution in [0.4, 0.5) is 9.52 Å². The number of rotatable bonds is 3. The van der Waals surface area contributed by atoms with Gasteiger partial charge in [-0.25, -0.2) is 13.4 Å². The summed E-state index contributed by atoms with van der Waals surface area (Å²) in [6, 6.07) is 7.83. The average Bonchev–Trinajstić information content (AvgIpc) is 2.64. The number of thiazole rings is 1. The highest BCUT2D eigenvalue weighted by molar-refractivity contribution is 7.93. The summed E-state index contributed by atoms with van der Waals surface area (Å²) in [4.78, 5) is 3.70. The molecule has 1 heterocycles. The van der Waals surface area contributed by atoms with Crippen LogP contribution in [0.15, 0.2) is 41.4 Å². The van der Waals surface area contributed by atoms with Crippen LogP contribution in [0.1, 0.15) is 0 Å². The van der Waals surface area contributed by atoms with Gasteiger partial charge in [0.25, 0.3) is 10.0 Å². The molecule has 2 aromatic rings. The fourth-order valence-electron chi connectivity index (χ4n) is 1.08. The molecule has 0 aliphatic rings. The summed E-state index contributed by atoms with van der Waals surface area (Å²) in [5, 5.41) is -0.521. The van der Waals surface area contributed by atoms with Crippen molar-refractivity contribution in [2.45, 2.75) is 4.90 Å². The molecule has 7 heteroatoms. The van der Waals surface area contributed by atoms with Crippen LogP contribution in [-0.2, 0) is 10.0 Å². The van der Waals surface area contributed by atoms with E-state index < -0.39 is 15.2 Å². The zero-order valence-electron chi connectivity index (χ0n) is 7.92. The molecule has 0 bridgehead atoms. The lowest BCUT2D eigenvalue weighted by Gasteiger charge is -2.03. The zero-order valence-corrected chi connectivity index (χ0v) is 9.56. The molecule has 0 aliphatic heterocycles. The van der Waals surface area contributed by atoms with Crippen LogP contribution in [0.25, 0.3) is 0 Å². The second-order valence-corrected chi connectivity index (χ2v) is 5.55. The smallest absolute Gasteiger partial charge is 0.255 e. The Morgan fingerprint density at radius 1 is 1.25 bits per heavy atom. The minimum atomic E-state index is -3.67. The minimum Gasteiger partial charge on any atom is -0.255 e. The van der Waals surface area contributed by atoms with E-state index in [2.05, 4.69) is 9.71 Å². The van der Waals surface area contributed by atoms with E-state index in [1.165, 1.54) is 12.1 Å². The van der Waals surface area contributed by atoms with Crippen molar-refractivity contribution in [1.29, 1.82) is 0 Å². The number of halogens is 1. The molecule has 0 spiro atoms. The summed E-state index contributed by atoms with van der Waals surface area (Å²) in [6.07, 6.45) is 0.966. The molecule has 4 nitrogen and oxygen atoms in total. The monoisotopic (exact) mass is 258 g/mol. The van der Waals surface area contributed by atoms with Crippen molar-refractivity contribution in [2.75, 3.05) is 4.72 Å². The Morgan fingerprint density at radius 3 is 2.50 bits per heavy atom. The van der Waals surface area contributed by atoms with Gasteiger partial charge in [0.15, 0.2) is 10.3 Å². The van der Waals surface area contributed by atoms with Crippen molar-refractivity contribution < 1.29 is 12.8 Å². The van der Waals surface area contributed by atoms with Crippen LogP contribution >= 0.6 is 11.3 Å². The fraction of sp³-hybridized carbons (Fsp3) is 0. The maximum absolute atomic E-state index is 12.6. The Bertz CT molecular complexity index is 581. The molecule has 0 unspecified atom stereocenters. The van der Waals surface area contributed by atoms with Gasteiger partial charge in [0.1, 0.15) is 0 Å². The summed E-state index contributed by atoms with van der Waals surface area (Å²) in [5.41, 5.74) is 0. The summed E-state index contributed by atoms with van der Waals surface area (Å²) in [7, 11) is -3.67. The third kappa shape index (κ3) is 2.37. The summed E-state index contributed by atoms with van der Waals surface area (Å²) < 4.78 is 38.3. The van der Waals surface area contributed by atoms with Crippen molar-refractivity contribution in [1.82, 2.24) is 4.98 Å². The Balaban J connectivity index is 2.28. The van der Waals surface area contributed by atoms with Crippen LogP contribution in [0.2, 0.25) is 0 Å². The van der Waals surface area contributed by atoms with Gasteiger partial charge in [-0.2, -0.15) is 4.39 Å². The number of sulfonamides is 1. The van der Waals surface area contributed by atoms with E-state index in [1.54, 1.807) is 18.2 Å². The Kier molecular flexibility index (Phi) is 2.88. The highest BCUT2D eigenvalue weighted by atomic mass is 32.2. The summed E-state index contributed by atoms with van der Waals surface area (Å²) in [6.45, 7) is 0. The van der Waals surface area contributed by atoms with E-state index in [0.717, 1.165) is 6.20 Å². The second-order valence-electron chi connectivity index (χ2n) is 2.89. The third-order valence-electron chi connectivity index (χ3n) is 1.75. The molecule has 2 rings (SSSR count). The first-order valence-electron chi connectivity index (χ1n) is 4.27. The van der Waals surface area contributed by atoms with Crippen molar-refractivity contribution >= 4 is 26.5 Å². The molecule has 84 valence electrons. The Labute approximate surface area is 95.8 Å². The van der Waals surface area contributed by atoms with Gasteiger partial charge in [-0.05, 0) is 12.1 Å². The van der Waals surface area contributed by atoms with Crippen LogP contribution in [-0.4, -0.2) is 13.4 Å². The number of benzene rings is 1. The van der Waals surface area contributed by atoms with Crippen molar-refractivity contribution in [3.05, 3.63) is 41.7 Å². The number of nitrogens with zero attached hydrogens (tertiary/aromatic N) is 1. The van der Waals surface area contributed by atoms with Crippen molar-refractivity contribution in [3.8, 4) is 0 Å². The molecular weight excluding hydrogens is 251 g/mol. The molecule has 1 aromatic heterocycles. The number of aromatic nitrogens is 1. The molecule has 1 N–H and O–H groups in total. The van der Waals surface area contributed by atoms with E-state index in [1.807, 2.05) is 0 Å². The van der Waals surface area contributed by atoms with Gasteiger partial charge in [-0.3, -0.25) is 4.72 Å². The lowest BCUT2D eigenvalue weighted by molar-refractivity contribution is 0.601. The second kappa shape index (κ2) is 4.18. The van der Waals surface area contributed by atoms with E-state index in [9.17, 15) is 12.8 Å². The molecule has 0 amide bonds. The number of hydrogen-bond acceptors (Lipinski definition) is 4. The van der Waals surface area contributed by atoms with Gasteiger partial charge in [-0.1, -0.05) is 29.5 Å². The first-order chi connectivity index (χ1) is 7.58. The van der Waals surface area contributed by atoms with E-state index >= 15 is 0 Å². The Hall–Kier alpha value is -1.47. The first-order valence-corrected chi connectivity index (χ1v) is 6.57. The summed E-state index contributed by atoms with van der Waals surface area (Å²) in [5.74, 6) is 0. The van der Waals surface area contributed by atoms with Crippen LogP contribution in [0.5, 0.6) is 0 Å².